The first kappa shape index (κ1) is 17.5. The minimum Gasteiger partial charge on any atom is -0.436 e. The summed E-state index contributed by atoms with van der Waals surface area (Å²) < 4.78 is 19.3. The van der Waals surface area contributed by atoms with E-state index in [1.807, 2.05) is 0 Å². The van der Waals surface area contributed by atoms with Gasteiger partial charge in [-0.05, 0) is 38.1 Å². The van der Waals surface area contributed by atoms with Gasteiger partial charge in [0.1, 0.15) is 12.1 Å². The van der Waals surface area contributed by atoms with Gasteiger partial charge >= 0.3 is 6.03 Å². The Balaban J connectivity index is 1.34. The summed E-state index contributed by atoms with van der Waals surface area (Å²) in [7, 11) is 0. The molecule has 1 aromatic carbocycles. The molecule has 9 heteroatoms. The predicted molar refractivity (Wildman–Crippen MR) is 98.1 cm³/mol. The first-order valence-corrected chi connectivity index (χ1v) is 8.93. The summed E-state index contributed by atoms with van der Waals surface area (Å²) >= 11 is 0. The summed E-state index contributed by atoms with van der Waals surface area (Å²) in [4.78, 5) is 24.5. The monoisotopic (exact) mass is 372 g/mol. The number of hydrogen-bond donors (Lipinski definition) is 2. The van der Waals surface area contributed by atoms with Crippen LogP contribution in [0.1, 0.15) is 12.8 Å². The van der Waals surface area contributed by atoms with Crippen LogP contribution in [0.3, 0.4) is 0 Å². The molecule has 3 N–H and O–H groups in total. The predicted octanol–water partition coefficient (Wildman–Crippen LogP) is 2.30. The number of urea groups is 1. The van der Waals surface area contributed by atoms with Crippen LogP contribution in [0, 0.1) is 5.82 Å². The van der Waals surface area contributed by atoms with Crippen LogP contribution < -0.4 is 15.8 Å². The highest BCUT2D eigenvalue weighted by Gasteiger charge is 2.35. The Kier molecular flexibility index (Phi) is 4.76. The molecule has 1 aromatic heterocycles. The second-order valence-electron chi connectivity index (χ2n) is 6.77. The highest BCUT2D eigenvalue weighted by molar-refractivity contribution is 5.89. The van der Waals surface area contributed by atoms with Crippen molar-refractivity contribution in [1.82, 2.24) is 19.8 Å². The summed E-state index contributed by atoms with van der Waals surface area (Å²) in [6, 6.07) is 5.81. The lowest BCUT2D eigenvalue weighted by atomic mass is 10.1. The number of nitrogens with two attached hydrogens (primary N) is 1. The second-order valence-corrected chi connectivity index (χ2v) is 6.77. The van der Waals surface area contributed by atoms with E-state index in [-0.39, 0.29) is 17.7 Å². The Hall–Kier alpha value is -2.94. The largest absolute Gasteiger partial charge is 0.436 e. The normalized spacial score (nSPS) is 17.6. The number of rotatable bonds is 4. The summed E-state index contributed by atoms with van der Waals surface area (Å²) in [5.74, 6) is -0.169. The zero-order chi connectivity index (χ0) is 18.8. The standard InChI is InChI=1S/C18H21FN6O2/c19-14-7-12(20)3-4-15(14)27-17-8-16(21-11-22-17)23-18(26)25-9-13(10-25)24-5-1-2-6-24/h3-4,7-8,11,13H,1-2,5-6,9-10,20H2,(H,21,22,23,26). The van der Waals surface area contributed by atoms with Gasteiger partial charge in [0.05, 0.1) is 0 Å². The van der Waals surface area contributed by atoms with Crippen molar-refractivity contribution in [3.8, 4) is 11.6 Å². The van der Waals surface area contributed by atoms with Crippen molar-refractivity contribution in [3.63, 3.8) is 0 Å². The molecule has 0 bridgehead atoms. The molecular weight excluding hydrogens is 351 g/mol. The number of carbonyl (C=O) groups excluding carboxylic acids is 1. The Morgan fingerprint density at radius 1 is 1.22 bits per heavy atom. The highest BCUT2D eigenvalue weighted by atomic mass is 19.1. The number of nitrogens with one attached hydrogen (secondary N) is 1. The molecule has 0 radical (unpaired) electrons. The van der Waals surface area contributed by atoms with Crippen molar-refractivity contribution in [2.24, 2.45) is 0 Å². The van der Waals surface area contributed by atoms with E-state index in [4.69, 9.17) is 10.5 Å². The number of nitrogen functional groups attached to an aromatic ring is 1. The van der Waals surface area contributed by atoms with Crippen molar-refractivity contribution in [3.05, 3.63) is 36.4 Å². The lowest BCUT2D eigenvalue weighted by Crippen LogP contribution is -2.61. The Morgan fingerprint density at radius 3 is 2.74 bits per heavy atom. The molecule has 4 rings (SSSR count). The van der Waals surface area contributed by atoms with Gasteiger partial charge in [0.2, 0.25) is 5.88 Å². The molecule has 0 atom stereocenters. The van der Waals surface area contributed by atoms with Crippen LogP contribution in [0.5, 0.6) is 11.6 Å². The van der Waals surface area contributed by atoms with E-state index >= 15 is 0 Å². The van der Waals surface area contributed by atoms with E-state index in [2.05, 4.69) is 20.2 Å². The maximum atomic E-state index is 13.8. The first-order chi connectivity index (χ1) is 13.1. The van der Waals surface area contributed by atoms with Gasteiger partial charge in [-0.1, -0.05) is 0 Å². The van der Waals surface area contributed by atoms with Crippen LogP contribution >= 0.6 is 0 Å². The van der Waals surface area contributed by atoms with E-state index in [9.17, 15) is 9.18 Å². The van der Waals surface area contributed by atoms with Crippen LogP contribution in [0.25, 0.3) is 0 Å². The van der Waals surface area contributed by atoms with E-state index in [0.717, 1.165) is 26.2 Å². The molecule has 2 aromatic rings. The van der Waals surface area contributed by atoms with Crippen LogP contribution in [-0.4, -0.2) is 58.0 Å². The molecule has 3 heterocycles. The average Bonchev–Trinajstić information content (AvgIpc) is 3.10. The van der Waals surface area contributed by atoms with Gasteiger partial charge in [0.25, 0.3) is 0 Å². The van der Waals surface area contributed by atoms with E-state index in [1.54, 1.807) is 4.90 Å². The van der Waals surface area contributed by atoms with Gasteiger partial charge in [0.15, 0.2) is 11.6 Å². The maximum absolute atomic E-state index is 13.8. The molecule has 0 saturated carbocycles. The SMILES string of the molecule is Nc1ccc(Oc2cc(NC(=O)N3CC(N4CCCC4)C3)ncn2)c(F)c1. The number of amides is 2. The molecule has 2 amide bonds. The molecule has 2 aliphatic rings. The van der Waals surface area contributed by atoms with Crippen LogP contribution in [-0.2, 0) is 0 Å². The number of benzene rings is 1. The molecule has 2 aliphatic heterocycles. The van der Waals surface area contributed by atoms with E-state index in [0.29, 0.717) is 17.5 Å². The van der Waals surface area contributed by atoms with Crippen LogP contribution in [0.2, 0.25) is 0 Å². The van der Waals surface area contributed by atoms with Gasteiger partial charge in [-0.15, -0.1) is 0 Å². The summed E-state index contributed by atoms with van der Waals surface area (Å²) in [5.41, 5.74) is 5.82. The maximum Gasteiger partial charge on any atom is 0.323 e. The molecule has 0 aliphatic carbocycles. The lowest BCUT2D eigenvalue weighted by Gasteiger charge is -2.43. The van der Waals surface area contributed by atoms with Gasteiger partial charge in [-0.2, -0.15) is 0 Å². The third-order valence-corrected chi connectivity index (χ3v) is 4.85. The number of carbonyl (C=O) groups is 1. The van der Waals surface area contributed by atoms with Gasteiger partial charge in [0, 0.05) is 37.0 Å². The van der Waals surface area contributed by atoms with Crippen molar-refractivity contribution >= 4 is 17.5 Å². The number of nitrogens with zero attached hydrogens (tertiary/aromatic N) is 4. The topological polar surface area (TPSA) is 96.6 Å². The number of aromatic nitrogens is 2. The van der Waals surface area contributed by atoms with Crippen molar-refractivity contribution in [2.45, 2.75) is 18.9 Å². The Labute approximate surface area is 156 Å². The summed E-state index contributed by atoms with van der Waals surface area (Å²) in [6.45, 7) is 3.68. The number of halogens is 1. The summed E-state index contributed by atoms with van der Waals surface area (Å²) in [5, 5.41) is 2.73. The van der Waals surface area contributed by atoms with E-state index in [1.165, 1.54) is 43.4 Å². The lowest BCUT2D eigenvalue weighted by molar-refractivity contribution is 0.0775. The summed E-state index contributed by atoms with van der Waals surface area (Å²) in [6.07, 6.45) is 3.73. The molecule has 27 heavy (non-hydrogen) atoms. The fraction of sp³-hybridized carbons (Fsp3) is 0.389. The van der Waals surface area contributed by atoms with E-state index < -0.39 is 5.82 Å². The molecule has 142 valence electrons. The van der Waals surface area contributed by atoms with Gasteiger partial charge in [-0.25, -0.2) is 19.2 Å². The number of ether oxygens (including phenoxy) is 1. The zero-order valence-electron chi connectivity index (χ0n) is 14.8. The molecule has 2 fully saturated rings. The van der Waals surface area contributed by atoms with Crippen molar-refractivity contribution in [1.29, 1.82) is 0 Å². The van der Waals surface area contributed by atoms with Crippen LogP contribution in [0.4, 0.5) is 20.7 Å². The Bertz CT molecular complexity index is 836. The van der Waals surface area contributed by atoms with Gasteiger partial charge < -0.3 is 15.4 Å². The number of likely N-dealkylation sites (tertiary alicyclic amines) is 2. The molecular formula is C18H21FN6O2. The van der Waals surface area contributed by atoms with Crippen molar-refractivity contribution in [2.75, 3.05) is 37.2 Å². The number of hydrogen-bond acceptors (Lipinski definition) is 6. The van der Waals surface area contributed by atoms with Crippen molar-refractivity contribution < 1.29 is 13.9 Å². The van der Waals surface area contributed by atoms with Crippen LogP contribution in [0.15, 0.2) is 30.6 Å². The third-order valence-electron chi connectivity index (χ3n) is 4.85. The average molecular weight is 372 g/mol. The fourth-order valence-corrected chi connectivity index (χ4v) is 3.32. The highest BCUT2D eigenvalue weighted by Crippen LogP contribution is 2.26. The molecule has 0 unspecified atom stereocenters. The zero-order valence-corrected chi connectivity index (χ0v) is 14.8. The fourth-order valence-electron chi connectivity index (χ4n) is 3.32. The molecule has 8 nitrogen and oxygen atoms in total. The number of anilines is 2. The minimum atomic E-state index is -0.590. The molecule has 2 saturated heterocycles. The smallest absolute Gasteiger partial charge is 0.323 e. The van der Waals surface area contributed by atoms with Gasteiger partial charge in [-0.3, -0.25) is 10.2 Å². The Morgan fingerprint density at radius 2 is 2.00 bits per heavy atom. The molecule has 0 spiro atoms. The minimum absolute atomic E-state index is 0.00336. The third kappa shape index (κ3) is 3.92. The quantitative estimate of drug-likeness (QED) is 0.800. The first-order valence-electron chi connectivity index (χ1n) is 8.93. The second kappa shape index (κ2) is 7.36.